The van der Waals surface area contributed by atoms with Crippen LogP contribution in [0.2, 0.25) is 0 Å². The van der Waals surface area contributed by atoms with Crippen LogP contribution >= 0.6 is 15.9 Å². The van der Waals surface area contributed by atoms with Gasteiger partial charge < -0.3 is 9.94 Å². The van der Waals surface area contributed by atoms with Gasteiger partial charge in [0.15, 0.2) is 0 Å². The quantitative estimate of drug-likeness (QED) is 0.429. The molecule has 0 amide bonds. The Morgan fingerprint density at radius 1 is 1.46 bits per heavy atom. The number of alkyl halides is 1. The molecule has 1 aromatic carbocycles. The Morgan fingerprint density at radius 3 is 3.00 bits per heavy atom. The first-order valence-electron chi connectivity index (χ1n) is 3.91. The van der Waals surface area contributed by atoms with Crippen LogP contribution in [0.4, 0.5) is 0 Å². The second kappa shape index (κ2) is 3.38. The number of hydrogen-bond donors (Lipinski definition) is 1. The molecule has 0 bridgehead atoms. The highest BCUT2D eigenvalue weighted by atomic mass is 79.9. The summed E-state index contributed by atoms with van der Waals surface area (Å²) in [6, 6.07) is 7.51. The van der Waals surface area contributed by atoms with E-state index in [4.69, 9.17) is 9.94 Å². The summed E-state index contributed by atoms with van der Waals surface area (Å²) in [7, 11) is 0. The number of fused-ring (bicyclic) bond motifs is 1. The van der Waals surface area contributed by atoms with Crippen molar-refractivity contribution in [2.45, 2.75) is 4.83 Å². The fourth-order valence-electron chi connectivity index (χ4n) is 1.33. The Balaban J connectivity index is 2.52. The van der Waals surface area contributed by atoms with E-state index in [2.05, 4.69) is 21.1 Å². The van der Waals surface area contributed by atoms with Crippen molar-refractivity contribution in [1.82, 2.24) is 0 Å². The van der Waals surface area contributed by atoms with E-state index in [0.29, 0.717) is 12.3 Å². The molecule has 0 radical (unpaired) electrons. The van der Waals surface area contributed by atoms with Crippen molar-refractivity contribution in [3.05, 3.63) is 29.8 Å². The van der Waals surface area contributed by atoms with Crippen molar-refractivity contribution in [2.75, 3.05) is 6.61 Å². The second-order valence-corrected chi connectivity index (χ2v) is 3.87. The van der Waals surface area contributed by atoms with Crippen LogP contribution in [0.25, 0.3) is 0 Å². The maximum absolute atomic E-state index is 8.81. The van der Waals surface area contributed by atoms with E-state index in [1.54, 1.807) is 0 Å². The zero-order chi connectivity index (χ0) is 9.26. The molecule has 0 saturated carbocycles. The summed E-state index contributed by atoms with van der Waals surface area (Å²) in [5.74, 6) is 0.769. The average Bonchev–Trinajstić information content (AvgIpc) is 2.18. The van der Waals surface area contributed by atoms with Gasteiger partial charge in [-0.1, -0.05) is 33.2 Å². The summed E-state index contributed by atoms with van der Waals surface area (Å²) < 4.78 is 5.43. The molecule has 0 aromatic heterocycles. The predicted octanol–water partition coefficient (Wildman–Crippen LogP) is 2.02. The molecule has 3 nitrogen and oxygen atoms in total. The van der Waals surface area contributed by atoms with Crippen LogP contribution in [0.5, 0.6) is 5.75 Å². The summed E-state index contributed by atoms with van der Waals surface area (Å²) in [6.07, 6.45) is 0. The van der Waals surface area contributed by atoms with Crippen molar-refractivity contribution >= 4 is 21.6 Å². The molecule has 13 heavy (non-hydrogen) atoms. The Morgan fingerprint density at radius 2 is 2.23 bits per heavy atom. The Hall–Kier alpha value is -1.03. The molecule has 1 atom stereocenters. The van der Waals surface area contributed by atoms with Crippen LogP contribution in [0.3, 0.4) is 0 Å². The standard InChI is InChI=1S/C9H8BrNO2/c10-7-5-13-8-4-2-1-3-6(8)9(7)11-12/h1-4,7,12H,5H2/b11-9-. The number of benzene rings is 1. The second-order valence-electron chi connectivity index (χ2n) is 2.76. The van der Waals surface area contributed by atoms with Crippen molar-refractivity contribution in [1.29, 1.82) is 0 Å². The third-order valence-electron chi connectivity index (χ3n) is 1.95. The Bertz CT molecular complexity index is 351. The van der Waals surface area contributed by atoms with Crippen molar-refractivity contribution < 1.29 is 9.94 Å². The topological polar surface area (TPSA) is 41.8 Å². The lowest BCUT2D eigenvalue weighted by molar-refractivity contribution is 0.301. The van der Waals surface area contributed by atoms with Crippen LogP contribution in [-0.2, 0) is 0 Å². The Labute approximate surface area is 84.1 Å². The normalized spacial score (nSPS) is 23.8. The van der Waals surface area contributed by atoms with E-state index < -0.39 is 0 Å². The van der Waals surface area contributed by atoms with E-state index in [1.165, 1.54) is 0 Å². The predicted molar refractivity (Wildman–Crippen MR) is 53.0 cm³/mol. The molecule has 68 valence electrons. The van der Waals surface area contributed by atoms with E-state index in [0.717, 1.165) is 11.3 Å². The number of para-hydroxylation sites is 1. The zero-order valence-electron chi connectivity index (χ0n) is 6.77. The molecular formula is C9H8BrNO2. The molecule has 1 unspecified atom stereocenters. The van der Waals surface area contributed by atoms with Gasteiger partial charge in [-0.2, -0.15) is 0 Å². The highest BCUT2D eigenvalue weighted by Gasteiger charge is 2.24. The molecule has 0 aliphatic carbocycles. The molecule has 4 heteroatoms. The van der Waals surface area contributed by atoms with Gasteiger partial charge in [0.2, 0.25) is 0 Å². The highest BCUT2D eigenvalue weighted by Crippen LogP contribution is 2.27. The number of rotatable bonds is 0. The van der Waals surface area contributed by atoms with Gasteiger partial charge in [-0.15, -0.1) is 0 Å². The van der Waals surface area contributed by atoms with Crippen LogP contribution in [-0.4, -0.2) is 22.4 Å². The maximum atomic E-state index is 8.81. The van der Waals surface area contributed by atoms with Gasteiger partial charge in [0.1, 0.15) is 18.1 Å². The van der Waals surface area contributed by atoms with Gasteiger partial charge in [-0.05, 0) is 12.1 Å². The molecule has 1 aliphatic heterocycles. The molecular weight excluding hydrogens is 234 g/mol. The first-order chi connectivity index (χ1) is 6.33. The van der Waals surface area contributed by atoms with E-state index in [1.807, 2.05) is 24.3 Å². The van der Waals surface area contributed by atoms with Gasteiger partial charge in [0.05, 0.1) is 4.83 Å². The van der Waals surface area contributed by atoms with Gasteiger partial charge in [-0.25, -0.2) is 0 Å². The van der Waals surface area contributed by atoms with Crippen molar-refractivity contribution in [3.63, 3.8) is 0 Å². The van der Waals surface area contributed by atoms with Gasteiger partial charge >= 0.3 is 0 Å². The monoisotopic (exact) mass is 241 g/mol. The van der Waals surface area contributed by atoms with Crippen LogP contribution in [0.15, 0.2) is 29.4 Å². The largest absolute Gasteiger partial charge is 0.491 e. The number of oxime groups is 1. The summed E-state index contributed by atoms with van der Waals surface area (Å²) in [4.78, 5) is -0.0348. The fraction of sp³-hybridized carbons (Fsp3) is 0.222. The van der Waals surface area contributed by atoms with Crippen LogP contribution in [0, 0.1) is 0 Å². The Kier molecular flexibility index (Phi) is 2.22. The van der Waals surface area contributed by atoms with Crippen LogP contribution in [0.1, 0.15) is 5.56 Å². The summed E-state index contributed by atoms with van der Waals surface area (Å²) in [5.41, 5.74) is 1.47. The van der Waals surface area contributed by atoms with E-state index >= 15 is 0 Å². The number of hydrogen-bond acceptors (Lipinski definition) is 3. The minimum Gasteiger partial charge on any atom is -0.491 e. The lowest BCUT2D eigenvalue weighted by atomic mass is 10.0. The first kappa shape index (κ1) is 8.56. The van der Waals surface area contributed by atoms with Crippen LogP contribution < -0.4 is 4.74 Å². The molecule has 2 rings (SSSR count). The van der Waals surface area contributed by atoms with E-state index in [9.17, 15) is 0 Å². The number of nitrogens with zero attached hydrogens (tertiary/aromatic N) is 1. The average molecular weight is 242 g/mol. The first-order valence-corrected chi connectivity index (χ1v) is 4.82. The number of halogens is 1. The lowest BCUT2D eigenvalue weighted by Gasteiger charge is -2.21. The summed E-state index contributed by atoms with van der Waals surface area (Å²) >= 11 is 3.37. The van der Waals surface area contributed by atoms with E-state index in [-0.39, 0.29) is 4.83 Å². The van der Waals surface area contributed by atoms with Gasteiger partial charge in [0.25, 0.3) is 0 Å². The molecule has 1 N–H and O–H groups in total. The molecule has 1 aromatic rings. The van der Waals surface area contributed by atoms with Crippen molar-refractivity contribution in [3.8, 4) is 5.75 Å². The molecule has 0 spiro atoms. The highest BCUT2D eigenvalue weighted by molar-refractivity contribution is 9.10. The molecule has 1 aliphatic rings. The number of ether oxygens (including phenoxy) is 1. The third-order valence-corrected chi connectivity index (χ3v) is 2.65. The smallest absolute Gasteiger partial charge is 0.128 e. The molecule has 0 fully saturated rings. The zero-order valence-corrected chi connectivity index (χ0v) is 8.36. The minimum atomic E-state index is -0.0348. The fourth-order valence-corrected chi connectivity index (χ4v) is 1.80. The van der Waals surface area contributed by atoms with Gasteiger partial charge in [-0.3, -0.25) is 0 Å². The minimum absolute atomic E-state index is 0.0348. The third kappa shape index (κ3) is 1.42. The maximum Gasteiger partial charge on any atom is 0.128 e. The molecule has 1 heterocycles. The summed E-state index contributed by atoms with van der Waals surface area (Å²) in [5, 5.41) is 12.1. The lowest BCUT2D eigenvalue weighted by Crippen LogP contribution is -2.28. The molecule has 0 saturated heterocycles. The summed E-state index contributed by atoms with van der Waals surface area (Å²) in [6.45, 7) is 0.496. The van der Waals surface area contributed by atoms with Crippen molar-refractivity contribution in [2.24, 2.45) is 5.16 Å². The SMILES string of the molecule is O/N=C1/c2ccccc2OCC1Br. The van der Waals surface area contributed by atoms with Gasteiger partial charge in [0, 0.05) is 5.56 Å².